The van der Waals surface area contributed by atoms with E-state index in [0.29, 0.717) is 13.2 Å². The zero-order chi connectivity index (χ0) is 12.1. The van der Waals surface area contributed by atoms with Gasteiger partial charge < -0.3 is 14.3 Å². The summed E-state index contributed by atoms with van der Waals surface area (Å²) in [5.41, 5.74) is 1.28. The average molecular weight is 234 g/mol. The molecule has 0 aliphatic carbocycles. The van der Waals surface area contributed by atoms with Crippen LogP contribution in [0.4, 0.5) is 0 Å². The standard InChI is InChI=1S/C14H18O3/c1-14(16-10-13(9-15)11-17-14)8-7-12-5-3-2-4-6-12/h2-6,9,13H,7-8,10-11H2,1H3. The largest absolute Gasteiger partial charge is 0.349 e. The highest BCUT2D eigenvalue weighted by Gasteiger charge is 2.32. The Morgan fingerprint density at radius 2 is 1.94 bits per heavy atom. The zero-order valence-corrected chi connectivity index (χ0v) is 10.1. The van der Waals surface area contributed by atoms with Crippen LogP contribution >= 0.6 is 0 Å². The highest BCUT2D eigenvalue weighted by molar-refractivity contribution is 5.53. The van der Waals surface area contributed by atoms with Gasteiger partial charge in [0.05, 0.1) is 19.1 Å². The Hall–Kier alpha value is -1.19. The van der Waals surface area contributed by atoms with Crippen molar-refractivity contribution in [3.8, 4) is 0 Å². The molecule has 1 aromatic carbocycles. The van der Waals surface area contributed by atoms with Crippen LogP contribution in [0, 0.1) is 5.92 Å². The number of benzene rings is 1. The number of aldehydes is 1. The highest BCUT2D eigenvalue weighted by atomic mass is 16.7. The fourth-order valence-corrected chi connectivity index (χ4v) is 1.90. The molecule has 0 spiro atoms. The van der Waals surface area contributed by atoms with E-state index in [1.165, 1.54) is 5.56 Å². The van der Waals surface area contributed by atoms with Crippen molar-refractivity contribution in [3.05, 3.63) is 35.9 Å². The van der Waals surface area contributed by atoms with Gasteiger partial charge in [-0.2, -0.15) is 0 Å². The van der Waals surface area contributed by atoms with E-state index in [1.807, 2.05) is 25.1 Å². The van der Waals surface area contributed by atoms with Crippen molar-refractivity contribution in [3.63, 3.8) is 0 Å². The summed E-state index contributed by atoms with van der Waals surface area (Å²) in [6.07, 6.45) is 2.63. The molecule has 17 heavy (non-hydrogen) atoms. The predicted octanol–water partition coefficient (Wildman–Crippen LogP) is 2.20. The van der Waals surface area contributed by atoms with Crippen molar-refractivity contribution in [1.82, 2.24) is 0 Å². The summed E-state index contributed by atoms with van der Waals surface area (Å²) in [6, 6.07) is 10.3. The van der Waals surface area contributed by atoms with Crippen LogP contribution in [0.15, 0.2) is 30.3 Å². The molecule has 0 radical (unpaired) electrons. The lowest BCUT2D eigenvalue weighted by atomic mass is 10.0. The lowest BCUT2D eigenvalue weighted by Crippen LogP contribution is -2.42. The van der Waals surface area contributed by atoms with Gasteiger partial charge in [0, 0.05) is 6.42 Å². The quantitative estimate of drug-likeness (QED) is 0.749. The highest BCUT2D eigenvalue weighted by Crippen LogP contribution is 2.25. The predicted molar refractivity (Wildman–Crippen MR) is 64.6 cm³/mol. The van der Waals surface area contributed by atoms with E-state index in [4.69, 9.17) is 9.47 Å². The Morgan fingerprint density at radius 3 is 2.53 bits per heavy atom. The molecule has 3 nitrogen and oxygen atoms in total. The first kappa shape index (κ1) is 12.3. The van der Waals surface area contributed by atoms with Gasteiger partial charge in [-0.1, -0.05) is 30.3 Å². The molecule has 1 aliphatic rings. The molecule has 0 bridgehead atoms. The molecule has 0 unspecified atom stereocenters. The Morgan fingerprint density at radius 1 is 1.29 bits per heavy atom. The minimum absolute atomic E-state index is 0.111. The van der Waals surface area contributed by atoms with Crippen molar-refractivity contribution in [1.29, 1.82) is 0 Å². The number of carbonyl (C=O) groups is 1. The third-order valence-electron chi connectivity index (χ3n) is 3.11. The molecule has 1 fully saturated rings. The van der Waals surface area contributed by atoms with Crippen LogP contribution in [0.5, 0.6) is 0 Å². The second kappa shape index (κ2) is 5.43. The first-order chi connectivity index (χ1) is 8.22. The van der Waals surface area contributed by atoms with E-state index in [9.17, 15) is 4.79 Å². The number of hydrogen-bond donors (Lipinski definition) is 0. The molecule has 92 valence electrons. The third-order valence-corrected chi connectivity index (χ3v) is 3.11. The molecule has 0 saturated carbocycles. The van der Waals surface area contributed by atoms with Crippen LogP contribution < -0.4 is 0 Å². The van der Waals surface area contributed by atoms with E-state index in [2.05, 4.69) is 12.1 Å². The summed E-state index contributed by atoms with van der Waals surface area (Å²) in [4.78, 5) is 10.6. The van der Waals surface area contributed by atoms with Crippen molar-refractivity contribution in [2.45, 2.75) is 25.6 Å². The first-order valence-corrected chi connectivity index (χ1v) is 5.99. The lowest BCUT2D eigenvalue weighted by molar-refractivity contribution is -0.270. The number of hydrogen-bond acceptors (Lipinski definition) is 3. The van der Waals surface area contributed by atoms with E-state index < -0.39 is 5.79 Å². The van der Waals surface area contributed by atoms with Gasteiger partial charge in [0.2, 0.25) is 0 Å². The number of ether oxygens (including phenoxy) is 2. The van der Waals surface area contributed by atoms with Crippen LogP contribution in [0.25, 0.3) is 0 Å². The van der Waals surface area contributed by atoms with Gasteiger partial charge >= 0.3 is 0 Å². The maximum Gasteiger partial charge on any atom is 0.165 e. The molecular weight excluding hydrogens is 216 g/mol. The topological polar surface area (TPSA) is 35.5 Å². The Labute approximate surface area is 102 Å². The first-order valence-electron chi connectivity index (χ1n) is 5.99. The van der Waals surface area contributed by atoms with Crippen LogP contribution in [0.2, 0.25) is 0 Å². The molecule has 1 aliphatic heterocycles. The third kappa shape index (κ3) is 3.38. The smallest absolute Gasteiger partial charge is 0.165 e. The molecule has 2 rings (SSSR count). The van der Waals surface area contributed by atoms with E-state index in [1.54, 1.807) is 0 Å². The van der Waals surface area contributed by atoms with Gasteiger partial charge in [0.25, 0.3) is 0 Å². The van der Waals surface area contributed by atoms with Crippen LogP contribution in [-0.2, 0) is 20.7 Å². The number of carbonyl (C=O) groups excluding carboxylic acids is 1. The summed E-state index contributed by atoms with van der Waals surface area (Å²) in [5, 5.41) is 0. The van der Waals surface area contributed by atoms with Crippen LogP contribution in [0.3, 0.4) is 0 Å². The fraction of sp³-hybridized carbons (Fsp3) is 0.500. The summed E-state index contributed by atoms with van der Waals surface area (Å²) in [7, 11) is 0. The minimum atomic E-state index is -0.546. The fourth-order valence-electron chi connectivity index (χ4n) is 1.90. The van der Waals surface area contributed by atoms with Gasteiger partial charge in [-0.25, -0.2) is 0 Å². The number of aryl methyl sites for hydroxylation is 1. The van der Waals surface area contributed by atoms with Crippen LogP contribution in [0.1, 0.15) is 18.9 Å². The molecule has 0 amide bonds. The Balaban J connectivity index is 1.85. The zero-order valence-electron chi connectivity index (χ0n) is 10.1. The second-order valence-corrected chi connectivity index (χ2v) is 4.64. The van der Waals surface area contributed by atoms with Crippen LogP contribution in [-0.4, -0.2) is 25.3 Å². The maximum absolute atomic E-state index is 10.6. The van der Waals surface area contributed by atoms with E-state index >= 15 is 0 Å². The monoisotopic (exact) mass is 234 g/mol. The van der Waals surface area contributed by atoms with Crippen molar-refractivity contribution in [2.24, 2.45) is 5.92 Å². The Kier molecular flexibility index (Phi) is 3.92. The average Bonchev–Trinajstić information content (AvgIpc) is 2.39. The second-order valence-electron chi connectivity index (χ2n) is 4.64. The Bertz CT molecular complexity index is 353. The van der Waals surface area contributed by atoms with Crippen molar-refractivity contribution in [2.75, 3.05) is 13.2 Å². The SMILES string of the molecule is CC1(CCc2ccccc2)OCC(C=O)CO1. The van der Waals surface area contributed by atoms with Gasteiger partial charge in [-0.3, -0.25) is 0 Å². The molecular formula is C14H18O3. The maximum atomic E-state index is 10.6. The summed E-state index contributed by atoms with van der Waals surface area (Å²) >= 11 is 0. The molecule has 1 aromatic rings. The van der Waals surface area contributed by atoms with E-state index in [-0.39, 0.29) is 5.92 Å². The summed E-state index contributed by atoms with van der Waals surface area (Å²) in [6.45, 7) is 2.88. The number of rotatable bonds is 4. The molecule has 0 N–H and O–H groups in total. The molecule has 1 heterocycles. The molecule has 0 atom stereocenters. The lowest BCUT2D eigenvalue weighted by Gasteiger charge is -2.36. The van der Waals surface area contributed by atoms with Crippen molar-refractivity contribution >= 4 is 6.29 Å². The van der Waals surface area contributed by atoms with E-state index in [0.717, 1.165) is 19.1 Å². The van der Waals surface area contributed by atoms with Gasteiger partial charge in [-0.05, 0) is 18.9 Å². The van der Waals surface area contributed by atoms with Crippen molar-refractivity contribution < 1.29 is 14.3 Å². The minimum Gasteiger partial charge on any atom is -0.349 e. The molecule has 0 aromatic heterocycles. The summed E-state index contributed by atoms with van der Waals surface area (Å²) in [5.74, 6) is -0.658. The normalized spacial score (nSPS) is 28.9. The van der Waals surface area contributed by atoms with Gasteiger partial charge in [0.15, 0.2) is 5.79 Å². The van der Waals surface area contributed by atoms with Gasteiger partial charge in [-0.15, -0.1) is 0 Å². The molecule has 3 heteroatoms. The summed E-state index contributed by atoms with van der Waals surface area (Å²) < 4.78 is 11.3. The molecule has 1 saturated heterocycles. The van der Waals surface area contributed by atoms with Gasteiger partial charge in [0.1, 0.15) is 6.29 Å².